The number of benzene rings is 1. The Hall–Kier alpha value is -1.65. The first-order chi connectivity index (χ1) is 9.77. The lowest BCUT2D eigenvalue weighted by Gasteiger charge is -2.19. The molecular formula is C16H19ClN2O2. The van der Waals surface area contributed by atoms with E-state index in [1.54, 1.807) is 30.3 Å². The normalized spacial score (nSPS) is 13.2. The van der Waals surface area contributed by atoms with Crippen molar-refractivity contribution in [2.75, 3.05) is 0 Å². The molecule has 2 rings (SSSR count). The average molecular weight is 307 g/mol. The number of aromatic nitrogens is 2. The van der Waals surface area contributed by atoms with Gasteiger partial charge in [0.15, 0.2) is 0 Å². The van der Waals surface area contributed by atoms with Crippen LogP contribution >= 0.6 is 11.6 Å². The summed E-state index contributed by atoms with van der Waals surface area (Å²) in [7, 11) is 0. The molecule has 112 valence electrons. The maximum absolute atomic E-state index is 11.9. The van der Waals surface area contributed by atoms with Gasteiger partial charge >= 0.3 is 0 Å². The molecule has 0 amide bonds. The molecule has 0 radical (unpaired) electrons. The van der Waals surface area contributed by atoms with Crippen LogP contribution in [0.1, 0.15) is 38.1 Å². The Morgan fingerprint density at radius 2 is 2.00 bits per heavy atom. The summed E-state index contributed by atoms with van der Waals surface area (Å²) < 4.78 is 1.30. The number of hydrogen-bond donors (Lipinski definition) is 1. The van der Waals surface area contributed by atoms with Gasteiger partial charge in [-0.15, -0.1) is 0 Å². The highest BCUT2D eigenvalue weighted by Crippen LogP contribution is 2.20. The van der Waals surface area contributed by atoms with Crippen molar-refractivity contribution >= 4 is 11.6 Å². The third-order valence-corrected chi connectivity index (χ3v) is 3.45. The molecule has 0 saturated heterocycles. The number of rotatable bonds is 3. The van der Waals surface area contributed by atoms with Crippen molar-refractivity contribution in [1.29, 1.82) is 0 Å². The molecule has 0 bridgehead atoms. The van der Waals surface area contributed by atoms with E-state index in [0.717, 1.165) is 5.69 Å². The lowest BCUT2D eigenvalue weighted by atomic mass is 9.92. The van der Waals surface area contributed by atoms with Crippen molar-refractivity contribution < 1.29 is 5.11 Å². The smallest absolute Gasteiger partial charge is 0.266 e. The molecule has 0 fully saturated rings. The Balaban J connectivity index is 2.29. The summed E-state index contributed by atoms with van der Waals surface area (Å²) in [6.45, 7) is 6.18. The van der Waals surface area contributed by atoms with Crippen molar-refractivity contribution in [3.8, 4) is 0 Å². The van der Waals surface area contributed by atoms with Crippen molar-refractivity contribution in [1.82, 2.24) is 9.78 Å². The van der Waals surface area contributed by atoms with Gasteiger partial charge in [0.2, 0.25) is 0 Å². The van der Waals surface area contributed by atoms with Crippen molar-refractivity contribution in [2.24, 2.45) is 0 Å². The Labute approximate surface area is 129 Å². The molecule has 2 aromatic rings. The first kappa shape index (κ1) is 15.7. The van der Waals surface area contributed by atoms with E-state index in [0.29, 0.717) is 10.6 Å². The van der Waals surface area contributed by atoms with Gasteiger partial charge in [-0.25, -0.2) is 4.68 Å². The molecule has 4 nitrogen and oxygen atoms in total. The van der Waals surface area contributed by atoms with E-state index in [1.165, 1.54) is 10.7 Å². The van der Waals surface area contributed by atoms with Gasteiger partial charge in [0.1, 0.15) is 0 Å². The van der Waals surface area contributed by atoms with Crippen molar-refractivity contribution in [3.63, 3.8) is 0 Å². The Morgan fingerprint density at radius 3 is 2.62 bits per heavy atom. The van der Waals surface area contributed by atoms with Crippen LogP contribution in [-0.2, 0) is 12.0 Å². The number of halogens is 1. The van der Waals surface area contributed by atoms with E-state index < -0.39 is 6.10 Å². The third-order valence-electron chi connectivity index (χ3n) is 3.21. The SMILES string of the molecule is CC(C)(C)c1ccc(=O)n(CC(O)c2cccc(Cl)c2)n1. The molecule has 1 aromatic heterocycles. The number of aliphatic hydroxyl groups excluding tert-OH is 1. The molecule has 0 spiro atoms. The van der Waals surface area contributed by atoms with Gasteiger partial charge in [-0.05, 0) is 23.8 Å². The van der Waals surface area contributed by atoms with Crippen LogP contribution in [0.4, 0.5) is 0 Å². The largest absolute Gasteiger partial charge is 0.386 e. The minimum absolute atomic E-state index is 0.100. The zero-order valence-corrected chi connectivity index (χ0v) is 13.1. The van der Waals surface area contributed by atoms with Gasteiger partial charge in [-0.2, -0.15) is 5.10 Å². The fourth-order valence-corrected chi connectivity index (χ4v) is 2.16. The highest BCUT2D eigenvalue weighted by molar-refractivity contribution is 6.30. The van der Waals surface area contributed by atoms with Crippen LogP contribution in [0.5, 0.6) is 0 Å². The lowest BCUT2D eigenvalue weighted by Crippen LogP contribution is -2.28. The van der Waals surface area contributed by atoms with Crippen molar-refractivity contribution in [2.45, 2.75) is 38.8 Å². The molecule has 0 aliphatic carbocycles. The molecule has 0 aliphatic heterocycles. The Kier molecular flexibility index (Phi) is 4.49. The van der Waals surface area contributed by atoms with E-state index in [1.807, 2.05) is 20.8 Å². The average Bonchev–Trinajstić information content (AvgIpc) is 2.40. The minimum atomic E-state index is -0.830. The molecule has 1 N–H and O–H groups in total. The van der Waals surface area contributed by atoms with Crippen LogP contribution in [0, 0.1) is 0 Å². The van der Waals surface area contributed by atoms with Gasteiger partial charge in [0.05, 0.1) is 18.3 Å². The zero-order valence-electron chi connectivity index (χ0n) is 12.4. The predicted molar refractivity (Wildman–Crippen MR) is 83.6 cm³/mol. The molecule has 1 aromatic carbocycles. The number of nitrogens with zero attached hydrogens (tertiary/aromatic N) is 2. The van der Waals surface area contributed by atoms with E-state index >= 15 is 0 Å². The van der Waals surface area contributed by atoms with Gasteiger partial charge in [-0.1, -0.05) is 44.5 Å². The number of hydrogen-bond acceptors (Lipinski definition) is 3. The summed E-state index contributed by atoms with van der Waals surface area (Å²) in [5.74, 6) is 0. The van der Waals surface area contributed by atoms with Gasteiger partial charge in [0, 0.05) is 16.5 Å². The fraction of sp³-hybridized carbons (Fsp3) is 0.375. The van der Waals surface area contributed by atoms with Crippen LogP contribution in [-0.4, -0.2) is 14.9 Å². The second-order valence-electron chi connectivity index (χ2n) is 6.06. The second-order valence-corrected chi connectivity index (χ2v) is 6.50. The summed E-state index contributed by atoms with van der Waals surface area (Å²) in [4.78, 5) is 11.9. The van der Waals surface area contributed by atoms with Crippen molar-refractivity contribution in [3.05, 3.63) is 63.0 Å². The highest BCUT2D eigenvalue weighted by Gasteiger charge is 2.18. The third kappa shape index (κ3) is 3.93. The fourth-order valence-electron chi connectivity index (χ4n) is 1.96. The topological polar surface area (TPSA) is 55.1 Å². The Morgan fingerprint density at radius 1 is 1.29 bits per heavy atom. The molecule has 0 saturated carbocycles. The maximum atomic E-state index is 11.9. The molecule has 1 unspecified atom stereocenters. The van der Waals surface area contributed by atoms with Gasteiger partial charge in [-0.3, -0.25) is 4.79 Å². The van der Waals surface area contributed by atoms with E-state index in [9.17, 15) is 9.90 Å². The second kappa shape index (κ2) is 6.00. The first-order valence-electron chi connectivity index (χ1n) is 6.79. The zero-order chi connectivity index (χ0) is 15.6. The first-order valence-corrected chi connectivity index (χ1v) is 7.17. The molecule has 1 atom stereocenters. The standard InChI is InChI=1S/C16H19ClN2O2/c1-16(2,3)14-7-8-15(21)19(18-14)10-13(20)11-5-4-6-12(17)9-11/h4-9,13,20H,10H2,1-3H3. The van der Waals surface area contributed by atoms with Gasteiger partial charge < -0.3 is 5.11 Å². The molecule has 0 aliphatic rings. The monoisotopic (exact) mass is 306 g/mol. The predicted octanol–water partition coefficient (Wildman–Crippen LogP) is 2.93. The van der Waals surface area contributed by atoms with Crippen LogP contribution < -0.4 is 5.56 Å². The van der Waals surface area contributed by atoms with Gasteiger partial charge in [0.25, 0.3) is 5.56 Å². The number of aliphatic hydroxyl groups is 1. The molecular weight excluding hydrogens is 288 g/mol. The van der Waals surface area contributed by atoms with Crippen LogP contribution in [0.25, 0.3) is 0 Å². The summed E-state index contributed by atoms with van der Waals surface area (Å²) in [5.41, 5.74) is 1.08. The molecule has 21 heavy (non-hydrogen) atoms. The lowest BCUT2D eigenvalue weighted by molar-refractivity contribution is 0.148. The quantitative estimate of drug-likeness (QED) is 0.948. The van der Waals surface area contributed by atoms with Crippen LogP contribution in [0.15, 0.2) is 41.2 Å². The van der Waals surface area contributed by atoms with E-state index in [4.69, 9.17) is 11.6 Å². The minimum Gasteiger partial charge on any atom is -0.386 e. The summed E-state index contributed by atoms with van der Waals surface area (Å²) in [6, 6.07) is 10.2. The van der Waals surface area contributed by atoms with E-state index in [2.05, 4.69) is 5.10 Å². The highest BCUT2D eigenvalue weighted by atomic mass is 35.5. The molecule has 1 heterocycles. The summed E-state index contributed by atoms with van der Waals surface area (Å²) in [5, 5.41) is 15.2. The maximum Gasteiger partial charge on any atom is 0.266 e. The molecule has 5 heteroatoms. The summed E-state index contributed by atoms with van der Waals surface area (Å²) >= 11 is 5.91. The van der Waals surface area contributed by atoms with Crippen LogP contribution in [0.3, 0.4) is 0 Å². The van der Waals surface area contributed by atoms with E-state index in [-0.39, 0.29) is 17.5 Å². The Bertz CT molecular complexity index is 689. The van der Waals surface area contributed by atoms with Crippen LogP contribution in [0.2, 0.25) is 5.02 Å². The summed E-state index contributed by atoms with van der Waals surface area (Å²) in [6.07, 6.45) is -0.830.